The molecule has 1 atom stereocenters. The Labute approximate surface area is 133 Å². The highest BCUT2D eigenvalue weighted by Gasteiger charge is 2.21. The summed E-state index contributed by atoms with van der Waals surface area (Å²) < 4.78 is 27.5. The number of rotatable bonds is 7. The van der Waals surface area contributed by atoms with E-state index in [9.17, 15) is 13.2 Å². The first-order chi connectivity index (χ1) is 9.63. The zero-order valence-electron chi connectivity index (χ0n) is 12.3. The Kier molecular flexibility index (Phi) is 6.37. The Bertz CT molecular complexity index is 613. The van der Waals surface area contributed by atoms with E-state index in [1.165, 1.54) is 18.2 Å². The van der Waals surface area contributed by atoms with Crippen molar-refractivity contribution in [3.63, 3.8) is 0 Å². The van der Waals surface area contributed by atoms with Gasteiger partial charge < -0.3 is 5.11 Å². The number of carbonyl (C=O) groups is 1. The molecule has 0 saturated carbocycles. The van der Waals surface area contributed by atoms with Crippen molar-refractivity contribution in [2.24, 2.45) is 5.92 Å². The van der Waals surface area contributed by atoms with Gasteiger partial charge in [0.2, 0.25) is 10.0 Å². The topological polar surface area (TPSA) is 83.5 Å². The number of hydrogen-bond acceptors (Lipinski definition) is 3. The van der Waals surface area contributed by atoms with Gasteiger partial charge in [-0.15, -0.1) is 0 Å². The molecule has 0 aliphatic heterocycles. The summed E-state index contributed by atoms with van der Waals surface area (Å²) in [7, 11) is -3.67. The van der Waals surface area contributed by atoms with Crippen LogP contribution in [-0.4, -0.2) is 25.5 Å². The molecule has 5 nitrogen and oxygen atoms in total. The van der Waals surface area contributed by atoms with Crippen LogP contribution in [0, 0.1) is 5.92 Å². The van der Waals surface area contributed by atoms with E-state index in [1.807, 2.05) is 6.92 Å². The molecule has 7 heteroatoms. The van der Waals surface area contributed by atoms with E-state index < -0.39 is 16.0 Å². The molecule has 21 heavy (non-hydrogen) atoms. The van der Waals surface area contributed by atoms with Gasteiger partial charge in [-0.2, -0.15) is 0 Å². The maximum atomic E-state index is 12.3. The zero-order valence-corrected chi connectivity index (χ0v) is 14.7. The number of carboxylic acid groups (broad SMARTS) is 1. The van der Waals surface area contributed by atoms with Crippen LogP contribution in [0.4, 0.5) is 0 Å². The molecule has 0 aliphatic carbocycles. The van der Waals surface area contributed by atoms with E-state index in [4.69, 9.17) is 5.11 Å². The van der Waals surface area contributed by atoms with Gasteiger partial charge in [-0.1, -0.05) is 13.8 Å². The van der Waals surface area contributed by atoms with Crippen molar-refractivity contribution in [2.75, 3.05) is 0 Å². The minimum absolute atomic E-state index is 0.0358. The molecule has 1 rings (SSSR count). The average Bonchev–Trinajstić information content (AvgIpc) is 2.35. The monoisotopic (exact) mass is 377 g/mol. The van der Waals surface area contributed by atoms with Gasteiger partial charge in [0, 0.05) is 10.5 Å². The molecule has 1 aromatic rings. The Morgan fingerprint density at radius 2 is 1.90 bits per heavy atom. The Hall–Kier alpha value is -0.920. The predicted molar refractivity (Wildman–Crippen MR) is 85.0 cm³/mol. The molecule has 0 spiro atoms. The molecular formula is C14H20BrNO4S. The second kappa shape index (κ2) is 7.38. The number of nitrogens with one attached hydrogen (secondary N) is 1. The first-order valence-corrected chi connectivity index (χ1v) is 8.96. The van der Waals surface area contributed by atoms with Crippen LogP contribution in [0.1, 0.15) is 44.0 Å². The van der Waals surface area contributed by atoms with Crippen molar-refractivity contribution < 1.29 is 18.3 Å². The SMILES string of the molecule is CC(C)CCC(C)NS(=O)(=O)c1ccc(C(=O)O)cc1Br. The predicted octanol–water partition coefficient (Wildman–Crippen LogP) is 3.25. The quantitative estimate of drug-likeness (QED) is 0.763. The molecule has 0 fully saturated rings. The molecule has 0 aliphatic rings. The molecule has 1 unspecified atom stereocenters. The molecule has 0 radical (unpaired) electrons. The van der Waals surface area contributed by atoms with Crippen LogP contribution < -0.4 is 4.72 Å². The minimum atomic E-state index is -3.67. The molecule has 0 bridgehead atoms. The van der Waals surface area contributed by atoms with Gasteiger partial charge in [0.05, 0.1) is 10.5 Å². The summed E-state index contributed by atoms with van der Waals surface area (Å²) in [5, 5.41) is 8.88. The average molecular weight is 378 g/mol. The maximum Gasteiger partial charge on any atom is 0.335 e. The fourth-order valence-electron chi connectivity index (χ4n) is 1.82. The molecular weight excluding hydrogens is 358 g/mol. The molecule has 0 aromatic heterocycles. The van der Waals surface area contributed by atoms with Crippen LogP contribution >= 0.6 is 15.9 Å². The van der Waals surface area contributed by atoms with E-state index in [-0.39, 0.29) is 21.0 Å². The number of benzene rings is 1. The van der Waals surface area contributed by atoms with Crippen molar-refractivity contribution in [1.29, 1.82) is 0 Å². The van der Waals surface area contributed by atoms with Crippen LogP contribution in [0.5, 0.6) is 0 Å². The third kappa shape index (κ3) is 5.41. The molecule has 0 saturated heterocycles. The van der Waals surface area contributed by atoms with E-state index in [0.29, 0.717) is 5.92 Å². The highest BCUT2D eigenvalue weighted by Crippen LogP contribution is 2.24. The van der Waals surface area contributed by atoms with Crippen molar-refractivity contribution in [3.05, 3.63) is 28.2 Å². The van der Waals surface area contributed by atoms with Crippen LogP contribution in [0.3, 0.4) is 0 Å². The van der Waals surface area contributed by atoms with E-state index in [0.717, 1.165) is 12.8 Å². The van der Waals surface area contributed by atoms with Gasteiger partial charge in [-0.05, 0) is 59.8 Å². The fourth-order valence-corrected chi connectivity index (χ4v) is 4.18. The lowest BCUT2D eigenvalue weighted by molar-refractivity contribution is 0.0696. The second-order valence-electron chi connectivity index (χ2n) is 5.44. The standard InChI is InChI=1S/C14H20BrNO4S/c1-9(2)4-5-10(3)16-21(19,20)13-7-6-11(14(17)18)8-12(13)15/h6-10,16H,4-5H2,1-3H3,(H,17,18). The van der Waals surface area contributed by atoms with Gasteiger partial charge in [0.15, 0.2) is 0 Å². The second-order valence-corrected chi connectivity index (χ2v) is 7.98. The van der Waals surface area contributed by atoms with Gasteiger partial charge >= 0.3 is 5.97 Å². The Morgan fingerprint density at radius 3 is 2.38 bits per heavy atom. The minimum Gasteiger partial charge on any atom is -0.478 e. The summed E-state index contributed by atoms with van der Waals surface area (Å²) in [5.74, 6) is -0.587. The normalized spacial score (nSPS) is 13.4. The number of halogens is 1. The Morgan fingerprint density at radius 1 is 1.29 bits per heavy atom. The summed E-state index contributed by atoms with van der Waals surface area (Å²) >= 11 is 3.12. The van der Waals surface area contributed by atoms with Gasteiger partial charge in [0.25, 0.3) is 0 Å². The summed E-state index contributed by atoms with van der Waals surface area (Å²) in [4.78, 5) is 10.9. The summed E-state index contributed by atoms with van der Waals surface area (Å²) in [5.41, 5.74) is 0.0358. The summed E-state index contributed by atoms with van der Waals surface area (Å²) in [6.07, 6.45) is 1.69. The number of sulfonamides is 1. The first-order valence-electron chi connectivity index (χ1n) is 6.68. The Balaban J connectivity index is 2.90. The smallest absolute Gasteiger partial charge is 0.335 e. The molecule has 1 aromatic carbocycles. The zero-order chi connectivity index (χ0) is 16.2. The van der Waals surface area contributed by atoms with E-state index in [2.05, 4.69) is 34.5 Å². The highest BCUT2D eigenvalue weighted by molar-refractivity contribution is 9.10. The van der Waals surface area contributed by atoms with E-state index >= 15 is 0 Å². The van der Waals surface area contributed by atoms with Crippen LogP contribution in [-0.2, 0) is 10.0 Å². The lowest BCUT2D eigenvalue weighted by Crippen LogP contribution is -2.33. The highest BCUT2D eigenvalue weighted by atomic mass is 79.9. The van der Waals surface area contributed by atoms with Crippen LogP contribution in [0.2, 0.25) is 0 Å². The van der Waals surface area contributed by atoms with E-state index in [1.54, 1.807) is 0 Å². The molecule has 2 N–H and O–H groups in total. The maximum absolute atomic E-state index is 12.3. The van der Waals surface area contributed by atoms with Crippen LogP contribution in [0.15, 0.2) is 27.6 Å². The van der Waals surface area contributed by atoms with Crippen LogP contribution in [0.25, 0.3) is 0 Å². The van der Waals surface area contributed by atoms with Gasteiger partial charge in [-0.3, -0.25) is 0 Å². The molecule has 118 valence electrons. The fraction of sp³-hybridized carbons (Fsp3) is 0.500. The van der Waals surface area contributed by atoms with Gasteiger partial charge in [-0.25, -0.2) is 17.9 Å². The number of carboxylic acids is 1. The van der Waals surface area contributed by atoms with Crippen molar-refractivity contribution >= 4 is 31.9 Å². The first kappa shape index (κ1) is 18.1. The third-order valence-corrected chi connectivity index (χ3v) is 5.57. The number of aromatic carboxylic acids is 1. The van der Waals surface area contributed by atoms with Crippen molar-refractivity contribution in [1.82, 2.24) is 4.72 Å². The summed E-state index contributed by atoms with van der Waals surface area (Å²) in [6, 6.07) is 3.68. The largest absolute Gasteiger partial charge is 0.478 e. The summed E-state index contributed by atoms with van der Waals surface area (Å²) in [6.45, 7) is 5.99. The van der Waals surface area contributed by atoms with Crippen molar-refractivity contribution in [3.8, 4) is 0 Å². The third-order valence-electron chi connectivity index (χ3n) is 3.00. The molecule has 0 amide bonds. The molecule has 0 heterocycles. The lowest BCUT2D eigenvalue weighted by Gasteiger charge is -2.16. The van der Waals surface area contributed by atoms with Gasteiger partial charge in [0.1, 0.15) is 0 Å². The number of hydrogen-bond donors (Lipinski definition) is 2. The van der Waals surface area contributed by atoms with Crippen molar-refractivity contribution in [2.45, 2.75) is 44.6 Å². The lowest BCUT2D eigenvalue weighted by atomic mass is 10.1.